The predicted octanol–water partition coefficient (Wildman–Crippen LogP) is 3.05. The van der Waals surface area contributed by atoms with Crippen LogP contribution in [-0.2, 0) is 10.2 Å². The molecule has 1 unspecified atom stereocenters. The van der Waals surface area contributed by atoms with E-state index in [9.17, 15) is 4.79 Å². The van der Waals surface area contributed by atoms with Crippen LogP contribution in [0.3, 0.4) is 0 Å². The van der Waals surface area contributed by atoms with Crippen LogP contribution in [0.5, 0.6) is 0 Å². The van der Waals surface area contributed by atoms with Crippen LogP contribution in [0.25, 0.3) is 11.1 Å². The molecule has 21 heavy (non-hydrogen) atoms. The summed E-state index contributed by atoms with van der Waals surface area (Å²) in [6.07, 6.45) is 0.719. The third-order valence-corrected chi connectivity index (χ3v) is 4.42. The number of nitrogens with zero attached hydrogens (tertiary/aromatic N) is 1. The van der Waals surface area contributed by atoms with Crippen molar-refractivity contribution in [2.45, 2.75) is 25.2 Å². The number of primary amides is 1. The Hall–Kier alpha value is -2.60. The van der Waals surface area contributed by atoms with Gasteiger partial charge in [-0.05, 0) is 41.2 Å². The molecule has 2 aromatic rings. The molecule has 2 N–H and O–H groups in total. The first-order valence-electron chi connectivity index (χ1n) is 6.99. The number of rotatable bonds is 3. The average molecular weight is 276 g/mol. The van der Waals surface area contributed by atoms with E-state index in [1.807, 2.05) is 49.4 Å². The molecular formula is C18H16N2O. The molecule has 2 aromatic carbocycles. The van der Waals surface area contributed by atoms with Crippen LogP contribution in [0.4, 0.5) is 0 Å². The fourth-order valence-electron chi connectivity index (χ4n) is 3.50. The number of hydrogen-bond acceptors (Lipinski definition) is 2. The first-order valence-corrected chi connectivity index (χ1v) is 6.99. The summed E-state index contributed by atoms with van der Waals surface area (Å²) in [5, 5.41) is 8.97. The van der Waals surface area contributed by atoms with E-state index >= 15 is 0 Å². The van der Waals surface area contributed by atoms with E-state index in [0.717, 1.165) is 27.8 Å². The fourth-order valence-corrected chi connectivity index (χ4v) is 3.50. The van der Waals surface area contributed by atoms with E-state index in [1.54, 1.807) is 0 Å². The third-order valence-electron chi connectivity index (χ3n) is 4.42. The van der Waals surface area contributed by atoms with E-state index in [2.05, 4.69) is 6.07 Å². The summed E-state index contributed by atoms with van der Waals surface area (Å²) in [4.78, 5) is 12.4. The Kier molecular flexibility index (Phi) is 3.03. The Bertz CT molecular complexity index is 773. The van der Waals surface area contributed by atoms with Crippen molar-refractivity contribution in [3.63, 3.8) is 0 Å². The molecule has 1 aliphatic carbocycles. The molecule has 0 aliphatic heterocycles. The average Bonchev–Trinajstić information content (AvgIpc) is 2.78. The molecule has 0 spiro atoms. The van der Waals surface area contributed by atoms with Gasteiger partial charge in [0.05, 0.1) is 6.07 Å². The van der Waals surface area contributed by atoms with Crippen LogP contribution in [0.2, 0.25) is 0 Å². The minimum Gasteiger partial charge on any atom is -0.369 e. The second-order valence-electron chi connectivity index (χ2n) is 5.47. The normalized spacial score (nSPS) is 18.7. The SMILES string of the molecule is Cc1cccc2c1-c1ccccc1C2(CCC#N)C(N)=O. The van der Waals surface area contributed by atoms with Gasteiger partial charge in [0.15, 0.2) is 0 Å². The maximum absolute atomic E-state index is 12.4. The molecule has 1 atom stereocenters. The summed E-state index contributed by atoms with van der Waals surface area (Å²) in [5.41, 5.74) is 10.1. The molecule has 3 rings (SSSR count). The molecule has 0 heterocycles. The highest BCUT2D eigenvalue weighted by Gasteiger charge is 2.47. The standard InChI is InChI=1S/C18H16N2O/c1-12-6-4-9-15-16(12)13-7-2-3-8-14(13)18(15,17(20)21)10-5-11-19/h2-4,6-9H,5,10H2,1H3,(H2,20,21). The monoisotopic (exact) mass is 276 g/mol. The molecule has 0 saturated heterocycles. The second kappa shape index (κ2) is 4.75. The quantitative estimate of drug-likeness (QED) is 0.936. The van der Waals surface area contributed by atoms with Gasteiger partial charge in [0.2, 0.25) is 5.91 Å². The van der Waals surface area contributed by atoms with E-state index in [0.29, 0.717) is 12.8 Å². The van der Waals surface area contributed by atoms with E-state index < -0.39 is 5.41 Å². The summed E-state index contributed by atoms with van der Waals surface area (Å²) in [6, 6.07) is 16.0. The van der Waals surface area contributed by atoms with E-state index in [4.69, 9.17) is 11.0 Å². The largest absolute Gasteiger partial charge is 0.369 e. The first-order chi connectivity index (χ1) is 10.1. The highest BCUT2D eigenvalue weighted by atomic mass is 16.1. The Morgan fingerprint density at radius 3 is 2.62 bits per heavy atom. The summed E-state index contributed by atoms with van der Waals surface area (Å²) >= 11 is 0. The van der Waals surface area contributed by atoms with Crippen LogP contribution in [0.15, 0.2) is 42.5 Å². The number of hydrogen-bond donors (Lipinski definition) is 1. The molecule has 0 saturated carbocycles. The van der Waals surface area contributed by atoms with Crippen LogP contribution < -0.4 is 5.73 Å². The molecular weight excluding hydrogens is 260 g/mol. The molecule has 0 bridgehead atoms. The van der Waals surface area contributed by atoms with Gasteiger partial charge in [0.25, 0.3) is 0 Å². The summed E-state index contributed by atoms with van der Waals surface area (Å²) in [7, 11) is 0. The predicted molar refractivity (Wildman–Crippen MR) is 81.4 cm³/mol. The lowest BCUT2D eigenvalue weighted by atomic mass is 9.74. The van der Waals surface area contributed by atoms with Gasteiger partial charge in [-0.15, -0.1) is 0 Å². The number of nitrogens with two attached hydrogens (primary N) is 1. The molecule has 3 heteroatoms. The number of fused-ring (bicyclic) bond motifs is 3. The molecule has 3 nitrogen and oxygen atoms in total. The molecule has 104 valence electrons. The second-order valence-corrected chi connectivity index (χ2v) is 5.47. The van der Waals surface area contributed by atoms with Gasteiger partial charge >= 0.3 is 0 Å². The molecule has 0 radical (unpaired) electrons. The molecule has 0 aromatic heterocycles. The first kappa shape index (κ1) is 13.4. The lowest BCUT2D eigenvalue weighted by Gasteiger charge is -2.27. The number of aryl methyl sites for hydroxylation is 1. The lowest BCUT2D eigenvalue weighted by Crippen LogP contribution is -2.40. The van der Waals surface area contributed by atoms with Crippen LogP contribution in [0.1, 0.15) is 29.5 Å². The van der Waals surface area contributed by atoms with Gasteiger partial charge in [0.1, 0.15) is 5.41 Å². The zero-order chi connectivity index (χ0) is 15.0. The van der Waals surface area contributed by atoms with Crippen molar-refractivity contribution >= 4 is 5.91 Å². The molecule has 0 fully saturated rings. The van der Waals surface area contributed by atoms with Gasteiger partial charge in [-0.3, -0.25) is 4.79 Å². The van der Waals surface area contributed by atoms with E-state index in [1.165, 1.54) is 0 Å². The van der Waals surface area contributed by atoms with Crippen molar-refractivity contribution in [3.05, 3.63) is 59.2 Å². The number of carbonyl (C=O) groups excluding carboxylic acids is 1. The van der Waals surface area contributed by atoms with Crippen molar-refractivity contribution in [2.75, 3.05) is 0 Å². The number of carbonyl (C=O) groups is 1. The van der Waals surface area contributed by atoms with Gasteiger partial charge < -0.3 is 5.73 Å². The molecule has 1 amide bonds. The van der Waals surface area contributed by atoms with Crippen molar-refractivity contribution in [1.82, 2.24) is 0 Å². The Morgan fingerprint density at radius 2 is 1.90 bits per heavy atom. The third kappa shape index (κ3) is 1.69. The van der Waals surface area contributed by atoms with Crippen LogP contribution in [-0.4, -0.2) is 5.91 Å². The molecule has 1 aliphatic rings. The van der Waals surface area contributed by atoms with Crippen molar-refractivity contribution < 1.29 is 4.79 Å². The number of amides is 1. The van der Waals surface area contributed by atoms with E-state index in [-0.39, 0.29) is 5.91 Å². The summed E-state index contributed by atoms with van der Waals surface area (Å²) < 4.78 is 0. The van der Waals surface area contributed by atoms with Crippen molar-refractivity contribution in [3.8, 4) is 17.2 Å². The minimum absolute atomic E-state index is 0.296. The maximum Gasteiger partial charge on any atom is 0.232 e. The highest BCUT2D eigenvalue weighted by Crippen LogP contribution is 2.52. The van der Waals surface area contributed by atoms with Crippen LogP contribution >= 0.6 is 0 Å². The van der Waals surface area contributed by atoms with Gasteiger partial charge in [-0.25, -0.2) is 0 Å². The smallest absolute Gasteiger partial charge is 0.232 e. The summed E-state index contributed by atoms with van der Waals surface area (Å²) in [5.74, 6) is -0.380. The highest BCUT2D eigenvalue weighted by molar-refractivity contribution is 6.00. The fraction of sp³-hybridized carbons (Fsp3) is 0.222. The van der Waals surface area contributed by atoms with Crippen LogP contribution in [0, 0.1) is 18.3 Å². The number of benzene rings is 2. The Balaban J connectivity index is 2.38. The zero-order valence-electron chi connectivity index (χ0n) is 11.9. The minimum atomic E-state index is -0.881. The Labute approximate surface area is 124 Å². The lowest BCUT2D eigenvalue weighted by molar-refractivity contribution is -0.122. The van der Waals surface area contributed by atoms with Gasteiger partial charge in [-0.1, -0.05) is 42.5 Å². The van der Waals surface area contributed by atoms with Gasteiger partial charge in [-0.2, -0.15) is 5.26 Å². The van der Waals surface area contributed by atoms with Crippen molar-refractivity contribution in [1.29, 1.82) is 5.26 Å². The summed E-state index contributed by atoms with van der Waals surface area (Å²) in [6.45, 7) is 2.04. The Morgan fingerprint density at radius 1 is 1.19 bits per heavy atom. The topological polar surface area (TPSA) is 66.9 Å². The van der Waals surface area contributed by atoms with Crippen molar-refractivity contribution in [2.24, 2.45) is 5.73 Å². The number of nitriles is 1. The maximum atomic E-state index is 12.4. The van der Waals surface area contributed by atoms with Gasteiger partial charge in [0, 0.05) is 6.42 Å². The zero-order valence-corrected chi connectivity index (χ0v) is 11.9.